The molecule has 5 heteroatoms. The van der Waals surface area contributed by atoms with E-state index in [4.69, 9.17) is 20.0 Å². The van der Waals surface area contributed by atoms with Crippen LogP contribution in [0.5, 0.6) is 0 Å². The van der Waals surface area contributed by atoms with Crippen LogP contribution in [-0.4, -0.2) is 18.2 Å². The van der Waals surface area contributed by atoms with Crippen LogP contribution in [0.4, 0.5) is 0 Å². The minimum Gasteiger partial charge on any atom is -0.481 e. The Labute approximate surface area is 87.8 Å². The number of nitrogens with two attached hydrogens (primary N) is 1. The third-order valence-electron chi connectivity index (χ3n) is 2.00. The van der Waals surface area contributed by atoms with Crippen molar-refractivity contribution in [2.45, 2.75) is 25.5 Å². The number of furan rings is 1. The Kier molecular flexibility index (Phi) is 4.33. The number of carbonyl (C=O) groups is 1. The van der Waals surface area contributed by atoms with E-state index in [0.717, 1.165) is 0 Å². The molecule has 0 spiro atoms. The molecule has 1 unspecified atom stereocenters. The Balaban J connectivity index is 2.50. The van der Waals surface area contributed by atoms with E-state index in [1.54, 1.807) is 19.2 Å². The number of carboxylic acid groups (broad SMARTS) is 1. The summed E-state index contributed by atoms with van der Waals surface area (Å²) in [6, 6.07) is 3.16. The smallest absolute Gasteiger partial charge is 0.303 e. The normalized spacial score (nSPS) is 12.7. The largest absolute Gasteiger partial charge is 0.481 e. The van der Waals surface area contributed by atoms with Crippen LogP contribution in [0, 0.1) is 0 Å². The molecule has 0 amide bonds. The molecule has 0 radical (unpaired) electrons. The maximum atomic E-state index is 10.3. The van der Waals surface area contributed by atoms with Gasteiger partial charge < -0.3 is 20.0 Å². The Bertz CT molecular complexity index is 321. The van der Waals surface area contributed by atoms with Gasteiger partial charge in [0.2, 0.25) is 0 Å². The Morgan fingerprint density at radius 1 is 1.67 bits per heavy atom. The van der Waals surface area contributed by atoms with Crippen molar-refractivity contribution in [3.05, 3.63) is 23.7 Å². The molecule has 0 saturated carbocycles. The minimum absolute atomic E-state index is 0.0431. The third kappa shape index (κ3) is 3.73. The van der Waals surface area contributed by atoms with E-state index in [0.29, 0.717) is 24.5 Å². The standard InChI is InChI=1S/C10H15NO4/c1-14-6-7-2-4-9(15-7)8(11)3-5-10(12)13/h2,4,8H,3,5-6,11H2,1H3,(H,12,13). The first-order valence-corrected chi connectivity index (χ1v) is 4.68. The Morgan fingerprint density at radius 2 is 2.40 bits per heavy atom. The summed E-state index contributed by atoms with van der Waals surface area (Å²) in [5, 5.41) is 8.49. The fourth-order valence-corrected chi connectivity index (χ4v) is 1.23. The molecular formula is C10H15NO4. The van der Waals surface area contributed by atoms with Gasteiger partial charge in [-0.2, -0.15) is 0 Å². The molecule has 1 heterocycles. The number of carboxylic acids is 1. The molecule has 1 aromatic heterocycles. The number of aliphatic carboxylic acids is 1. The summed E-state index contributed by atoms with van der Waals surface area (Å²) in [6.07, 6.45) is 0.413. The van der Waals surface area contributed by atoms with Gasteiger partial charge in [0.05, 0.1) is 6.04 Å². The van der Waals surface area contributed by atoms with Crippen LogP contribution >= 0.6 is 0 Å². The summed E-state index contributed by atoms with van der Waals surface area (Å²) in [4.78, 5) is 10.3. The SMILES string of the molecule is COCc1ccc(C(N)CCC(=O)O)o1. The molecule has 0 aliphatic rings. The van der Waals surface area contributed by atoms with Gasteiger partial charge in [-0.1, -0.05) is 0 Å². The predicted molar refractivity (Wildman–Crippen MR) is 53.2 cm³/mol. The average molecular weight is 213 g/mol. The zero-order valence-electron chi connectivity index (χ0n) is 8.60. The number of ether oxygens (including phenoxy) is 1. The highest BCUT2D eigenvalue weighted by molar-refractivity contribution is 5.66. The first kappa shape index (κ1) is 11.7. The summed E-state index contributed by atoms with van der Waals surface area (Å²) >= 11 is 0. The fourth-order valence-electron chi connectivity index (χ4n) is 1.23. The number of hydrogen-bond acceptors (Lipinski definition) is 4. The lowest BCUT2D eigenvalue weighted by Crippen LogP contribution is -2.11. The van der Waals surface area contributed by atoms with Crippen molar-refractivity contribution >= 4 is 5.97 Å². The molecule has 0 fully saturated rings. The minimum atomic E-state index is -0.853. The van der Waals surface area contributed by atoms with E-state index >= 15 is 0 Å². The van der Waals surface area contributed by atoms with Gasteiger partial charge in [-0.25, -0.2) is 0 Å². The van der Waals surface area contributed by atoms with Gasteiger partial charge in [0.25, 0.3) is 0 Å². The zero-order valence-corrected chi connectivity index (χ0v) is 8.60. The summed E-state index contributed by atoms with van der Waals surface area (Å²) in [5.41, 5.74) is 5.75. The van der Waals surface area contributed by atoms with Crippen LogP contribution in [0.1, 0.15) is 30.4 Å². The maximum absolute atomic E-state index is 10.3. The Morgan fingerprint density at radius 3 is 3.00 bits per heavy atom. The van der Waals surface area contributed by atoms with Gasteiger partial charge in [0, 0.05) is 13.5 Å². The molecule has 1 atom stereocenters. The van der Waals surface area contributed by atoms with E-state index in [1.165, 1.54) is 0 Å². The average Bonchev–Trinajstić information content (AvgIpc) is 2.63. The lowest BCUT2D eigenvalue weighted by molar-refractivity contribution is -0.137. The Hall–Kier alpha value is -1.33. The lowest BCUT2D eigenvalue weighted by Gasteiger charge is -2.06. The van der Waals surface area contributed by atoms with Crippen molar-refractivity contribution in [1.29, 1.82) is 0 Å². The monoisotopic (exact) mass is 213 g/mol. The van der Waals surface area contributed by atoms with Crippen LogP contribution in [-0.2, 0) is 16.1 Å². The van der Waals surface area contributed by atoms with Crippen molar-refractivity contribution in [2.75, 3.05) is 7.11 Å². The molecule has 3 N–H and O–H groups in total. The van der Waals surface area contributed by atoms with Crippen LogP contribution in [0.15, 0.2) is 16.5 Å². The zero-order chi connectivity index (χ0) is 11.3. The van der Waals surface area contributed by atoms with Crippen LogP contribution in [0.3, 0.4) is 0 Å². The molecule has 1 rings (SSSR count). The van der Waals surface area contributed by atoms with Gasteiger partial charge in [0.15, 0.2) is 0 Å². The van der Waals surface area contributed by atoms with Crippen molar-refractivity contribution < 1.29 is 19.1 Å². The first-order valence-electron chi connectivity index (χ1n) is 4.68. The lowest BCUT2D eigenvalue weighted by atomic mass is 10.1. The molecule has 0 aliphatic heterocycles. The van der Waals surface area contributed by atoms with E-state index < -0.39 is 5.97 Å². The topological polar surface area (TPSA) is 85.7 Å². The molecule has 5 nitrogen and oxygen atoms in total. The summed E-state index contributed by atoms with van der Waals surface area (Å²) in [7, 11) is 1.58. The quantitative estimate of drug-likeness (QED) is 0.743. The van der Waals surface area contributed by atoms with Crippen molar-refractivity contribution in [1.82, 2.24) is 0 Å². The summed E-state index contributed by atoms with van der Waals surface area (Å²) in [6.45, 7) is 0.394. The van der Waals surface area contributed by atoms with Gasteiger partial charge >= 0.3 is 5.97 Å². The second kappa shape index (κ2) is 5.53. The second-order valence-corrected chi connectivity index (χ2v) is 3.28. The highest BCUT2D eigenvalue weighted by Gasteiger charge is 2.12. The van der Waals surface area contributed by atoms with E-state index in [1.807, 2.05) is 0 Å². The van der Waals surface area contributed by atoms with Crippen LogP contribution < -0.4 is 5.73 Å². The number of methoxy groups -OCH3 is 1. The predicted octanol–water partition coefficient (Wildman–Crippen LogP) is 1.29. The molecule has 84 valence electrons. The van der Waals surface area contributed by atoms with Crippen molar-refractivity contribution in [3.63, 3.8) is 0 Å². The van der Waals surface area contributed by atoms with Gasteiger partial charge in [-0.05, 0) is 18.6 Å². The third-order valence-corrected chi connectivity index (χ3v) is 2.00. The maximum Gasteiger partial charge on any atom is 0.303 e. The fraction of sp³-hybridized carbons (Fsp3) is 0.500. The van der Waals surface area contributed by atoms with Crippen molar-refractivity contribution in [2.24, 2.45) is 5.73 Å². The molecule has 0 aromatic carbocycles. The number of hydrogen-bond donors (Lipinski definition) is 2. The highest BCUT2D eigenvalue weighted by Crippen LogP contribution is 2.19. The summed E-state index contributed by atoms with van der Waals surface area (Å²) in [5.74, 6) is 0.440. The molecule has 0 bridgehead atoms. The summed E-state index contributed by atoms with van der Waals surface area (Å²) < 4.78 is 10.3. The van der Waals surface area contributed by atoms with E-state index in [9.17, 15) is 4.79 Å². The van der Waals surface area contributed by atoms with Crippen LogP contribution in [0.25, 0.3) is 0 Å². The highest BCUT2D eigenvalue weighted by atomic mass is 16.5. The van der Waals surface area contributed by atoms with Gasteiger partial charge in [-0.15, -0.1) is 0 Å². The second-order valence-electron chi connectivity index (χ2n) is 3.28. The molecular weight excluding hydrogens is 198 g/mol. The van der Waals surface area contributed by atoms with Gasteiger partial charge in [0.1, 0.15) is 18.1 Å². The molecule has 1 aromatic rings. The number of rotatable bonds is 6. The molecule has 0 saturated heterocycles. The van der Waals surface area contributed by atoms with E-state index in [-0.39, 0.29) is 12.5 Å². The van der Waals surface area contributed by atoms with Crippen molar-refractivity contribution in [3.8, 4) is 0 Å². The van der Waals surface area contributed by atoms with E-state index in [2.05, 4.69) is 0 Å². The van der Waals surface area contributed by atoms with Gasteiger partial charge in [-0.3, -0.25) is 4.79 Å². The molecule has 15 heavy (non-hydrogen) atoms. The first-order chi connectivity index (χ1) is 7.13. The van der Waals surface area contributed by atoms with Crippen LogP contribution in [0.2, 0.25) is 0 Å². The molecule has 0 aliphatic carbocycles.